The van der Waals surface area contributed by atoms with Crippen LogP contribution in [0.3, 0.4) is 0 Å². The number of allylic oxidation sites excluding steroid dienone is 2. The van der Waals surface area contributed by atoms with Crippen LogP contribution in [0.25, 0.3) is 0 Å². The van der Waals surface area contributed by atoms with Crippen molar-refractivity contribution in [2.45, 2.75) is 6.10 Å². The van der Waals surface area contributed by atoms with Crippen molar-refractivity contribution < 1.29 is 4.74 Å². The average Bonchev–Trinajstić information content (AvgIpc) is 2.20. The molecule has 66 valence electrons. The summed E-state index contributed by atoms with van der Waals surface area (Å²) in [7, 11) is 0. The summed E-state index contributed by atoms with van der Waals surface area (Å²) in [5.74, 6) is 0. The Morgan fingerprint density at radius 3 is 2.62 bits per heavy atom. The molecule has 0 saturated heterocycles. The Kier molecular flexibility index (Phi) is 2.04. The summed E-state index contributed by atoms with van der Waals surface area (Å²) >= 11 is 0. The van der Waals surface area contributed by atoms with Crippen LogP contribution in [0.1, 0.15) is 11.7 Å². The van der Waals surface area contributed by atoms with Crippen molar-refractivity contribution in [3.05, 3.63) is 60.0 Å². The van der Waals surface area contributed by atoms with Crippen LogP contribution in [0.4, 0.5) is 0 Å². The molecule has 0 fully saturated rings. The lowest BCUT2D eigenvalue weighted by Crippen LogP contribution is -2.13. The second-order valence-electron chi connectivity index (χ2n) is 2.92. The Bertz CT molecular complexity index is 340. The van der Waals surface area contributed by atoms with Gasteiger partial charge in [-0.1, -0.05) is 30.3 Å². The SMILES string of the molecule is NC1=CC=COC1c1ccccc1. The molecule has 1 atom stereocenters. The summed E-state index contributed by atoms with van der Waals surface area (Å²) in [6, 6.07) is 9.94. The van der Waals surface area contributed by atoms with Crippen molar-refractivity contribution in [2.24, 2.45) is 5.73 Å². The Labute approximate surface area is 77.3 Å². The van der Waals surface area contributed by atoms with Crippen molar-refractivity contribution in [3.8, 4) is 0 Å². The van der Waals surface area contributed by atoms with Gasteiger partial charge in [-0.25, -0.2) is 0 Å². The summed E-state index contributed by atoms with van der Waals surface area (Å²) < 4.78 is 5.40. The fraction of sp³-hybridized carbons (Fsp3) is 0.0909. The largest absolute Gasteiger partial charge is 0.487 e. The topological polar surface area (TPSA) is 35.2 Å². The second kappa shape index (κ2) is 3.35. The molecule has 0 spiro atoms. The van der Waals surface area contributed by atoms with Crippen LogP contribution in [0.5, 0.6) is 0 Å². The van der Waals surface area contributed by atoms with Crippen LogP contribution < -0.4 is 5.73 Å². The van der Waals surface area contributed by atoms with Crippen LogP contribution in [-0.2, 0) is 4.74 Å². The summed E-state index contributed by atoms with van der Waals surface area (Å²) in [5, 5.41) is 0. The van der Waals surface area contributed by atoms with Gasteiger partial charge in [0.1, 0.15) is 0 Å². The van der Waals surface area contributed by atoms with Crippen LogP contribution in [-0.4, -0.2) is 0 Å². The number of hydrogen-bond acceptors (Lipinski definition) is 2. The van der Waals surface area contributed by atoms with Gasteiger partial charge in [0.05, 0.1) is 12.0 Å². The van der Waals surface area contributed by atoms with E-state index in [9.17, 15) is 0 Å². The summed E-state index contributed by atoms with van der Waals surface area (Å²) in [6.07, 6.45) is 5.20. The lowest BCUT2D eigenvalue weighted by molar-refractivity contribution is 0.173. The maximum absolute atomic E-state index is 5.80. The van der Waals surface area contributed by atoms with Crippen molar-refractivity contribution in [2.75, 3.05) is 0 Å². The van der Waals surface area contributed by atoms with Crippen molar-refractivity contribution in [1.82, 2.24) is 0 Å². The van der Waals surface area contributed by atoms with Gasteiger partial charge in [0.15, 0.2) is 6.10 Å². The van der Waals surface area contributed by atoms with Gasteiger partial charge >= 0.3 is 0 Å². The van der Waals surface area contributed by atoms with Crippen molar-refractivity contribution in [1.29, 1.82) is 0 Å². The van der Waals surface area contributed by atoms with Crippen LogP contribution in [0.15, 0.2) is 54.4 Å². The molecule has 0 aromatic heterocycles. The maximum atomic E-state index is 5.80. The molecule has 1 aliphatic rings. The van der Waals surface area contributed by atoms with E-state index in [1.54, 1.807) is 12.3 Å². The fourth-order valence-corrected chi connectivity index (χ4v) is 1.34. The minimum atomic E-state index is -0.119. The highest BCUT2D eigenvalue weighted by Crippen LogP contribution is 2.24. The molecular formula is C11H11NO. The molecule has 1 aromatic rings. The van der Waals surface area contributed by atoms with E-state index < -0.39 is 0 Å². The van der Waals surface area contributed by atoms with E-state index in [1.165, 1.54) is 0 Å². The summed E-state index contributed by atoms with van der Waals surface area (Å²) in [6.45, 7) is 0. The van der Waals surface area contributed by atoms with Gasteiger partial charge in [-0.15, -0.1) is 0 Å². The zero-order valence-corrected chi connectivity index (χ0v) is 7.18. The number of rotatable bonds is 1. The molecule has 0 bridgehead atoms. The van der Waals surface area contributed by atoms with Gasteiger partial charge in [-0.05, 0) is 17.7 Å². The molecular weight excluding hydrogens is 162 g/mol. The molecule has 13 heavy (non-hydrogen) atoms. The molecule has 0 amide bonds. The first-order valence-electron chi connectivity index (χ1n) is 4.20. The van der Waals surface area contributed by atoms with Crippen molar-refractivity contribution >= 4 is 0 Å². The average molecular weight is 173 g/mol. The third-order valence-corrected chi connectivity index (χ3v) is 1.99. The molecule has 1 heterocycles. The molecule has 2 N–H and O–H groups in total. The third kappa shape index (κ3) is 1.56. The van der Waals surface area contributed by atoms with E-state index in [0.29, 0.717) is 0 Å². The summed E-state index contributed by atoms with van der Waals surface area (Å²) in [5.41, 5.74) is 7.62. The zero-order valence-electron chi connectivity index (χ0n) is 7.18. The van der Waals surface area contributed by atoms with Gasteiger partial charge in [0.25, 0.3) is 0 Å². The van der Waals surface area contributed by atoms with Crippen LogP contribution in [0.2, 0.25) is 0 Å². The second-order valence-corrected chi connectivity index (χ2v) is 2.92. The Morgan fingerprint density at radius 1 is 1.15 bits per heavy atom. The predicted molar refractivity (Wildman–Crippen MR) is 51.7 cm³/mol. The highest BCUT2D eigenvalue weighted by molar-refractivity contribution is 5.28. The van der Waals surface area contributed by atoms with Gasteiger partial charge in [-0.3, -0.25) is 0 Å². The lowest BCUT2D eigenvalue weighted by atomic mass is 10.1. The van der Waals surface area contributed by atoms with E-state index in [-0.39, 0.29) is 6.10 Å². The highest BCUT2D eigenvalue weighted by Gasteiger charge is 2.15. The van der Waals surface area contributed by atoms with Gasteiger partial charge < -0.3 is 10.5 Å². The molecule has 2 nitrogen and oxygen atoms in total. The molecule has 2 rings (SSSR count). The quantitative estimate of drug-likeness (QED) is 0.706. The number of nitrogens with two attached hydrogens (primary N) is 1. The summed E-state index contributed by atoms with van der Waals surface area (Å²) in [4.78, 5) is 0. The molecule has 2 heteroatoms. The maximum Gasteiger partial charge on any atom is 0.162 e. The van der Waals surface area contributed by atoms with E-state index in [1.807, 2.05) is 36.4 Å². The number of ether oxygens (including phenoxy) is 1. The molecule has 1 aliphatic heterocycles. The molecule has 1 aromatic carbocycles. The molecule has 0 radical (unpaired) electrons. The minimum absolute atomic E-state index is 0.119. The first kappa shape index (κ1) is 7.92. The number of hydrogen-bond donors (Lipinski definition) is 1. The first-order valence-corrected chi connectivity index (χ1v) is 4.20. The van der Waals surface area contributed by atoms with E-state index in [0.717, 1.165) is 11.3 Å². The standard InChI is InChI=1S/C11H11NO/c12-10-7-4-8-13-11(10)9-5-2-1-3-6-9/h1-8,11H,12H2. The van der Waals surface area contributed by atoms with E-state index >= 15 is 0 Å². The van der Waals surface area contributed by atoms with Crippen LogP contribution in [0, 0.1) is 0 Å². The Morgan fingerprint density at radius 2 is 1.92 bits per heavy atom. The molecule has 0 saturated carbocycles. The first-order chi connectivity index (χ1) is 6.38. The lowest BCUT2D eigenvalue weighted by Gasteiger charge is -2.19. The number of benzene rings is 1. The van der Waals surface area contributed by atoms with E-state index in [4.69, 9.17) is 10.5 Å². The fourth-order valence-electron chi connectivity index (χ4n) is 1.34. The van der Waals surface area contributed by atoms with Gasteiger partial charge in [0, 0.05) is 0 Å². The minimum Gasteiger partial charge on any atom is -0.487 e. The monoisotopic (exact) mass is 173 g/mol. The predicted octanol–water partition coefficient (Wildman–Crippen LogP) is 2.11. The van der Waals surface area contributed by atoms with E-state index in [2.05, 4.69) is 0 Å². The third-order valence-electron chi connectivity index (χ3n) is 1.99. The van der Waals surface area contributed by atoms with Crippen molar-refractivity contribution in [3.63, 3.8) is 0 Å². The normalized spacial score (nSPS) is 20.6. The molecule has 0 aliphatic carbocycles. The molecule has 1 unspecified atom stereocenters. The Hall–Kier alpha value is -1.70. The smallest absolute Gasteiger partial charge is 0.162 e. The van der Waals surface area contributed by atoms with Gasteiger partial charge in [0.2, 0.25) is 0 Å². The highest BCUT2D eigenvalue weighted by atomic mass is 16.5. The zero-order chi connectivity index (χ0) is 9.10. The van der Waals surface area contributed by atoms with Crippen LogP contribution >= 0.6 is 0 Å². The van der Waals surface area contributed by atoms with Gasteiger partial charge in [-0.2, -0.15) is 0 Å². The Balaban J connectivity index is 2.28.